The molecule has 0 aliphatic rings. The van der Waals surface area contributed by atoms with Gasteiger partial charge < -0.3 is 0 Å². The molecule has 0 aliphatic heterocycles. The monoisotopic (exact) mass is 518 g/mol. The molecule has 1 atom stereocenters. The molecule has 0 amide bonds. The second-order valence-corrected chi connectivity index (χ2v) is 9.55. The molecule has 0 aliphatic carbocycles. The third kappa shape index (κ3) is 4.65. The SMILES string of the molecule is CCc1cnc2c(c1)c(C#N)c(-c1ccc(S(=O)(=O)N[C@@H](C)C(F)(F)F)cn1)n2-c1ccc(F)cn1. The molecule has 13 heteroatoms. The van der Waals surface area contributed by atoms with Gasteiger partial charge in [-0.25, -0.2) is 22.8 Å². The van der Waals surface area contributed by atoms with E-state index in [1.807, 2.05) is 6.92 Å². The van der Waals surface area contributed by atoms with Gasteiger partial charge in [0.15, 0.2) is 0 Å². The van der Waals surface area contributed by atoms with Gasteiger partial charge in [-0.3, -0.25) is 9.55 Å². The van der Waals surface area contributed by atoms with E-state index in [1.165, 1.54) is 22.8 Å². The number of hydrogen-bond acceptors (Lipinski definition) is 6. The van der Waals surface area contributed by atoms with Gasteiger partial charge in [0.1, 0.15) is 34.3 Å². The molecule has 0 saturated carbocycles. The van der Waals surface area contributed by atoms with Crippen LogP contribution in [-0.2, 0) is 16.4 Å². The van der Waals surface area contributed by atoms with Crippen molar-refractivity contribution in [3.63, 3.8) is 0 Å². The van der Waals surface area contributed by atoms with Crippen molar-refractivity contribution in [3.8, 4) is 23.3 Å². The van der Waals surface area contributed by atoms with Crippen LogP contribution in [-0.4, -0.2) is 40.2 Å². The van der Waals surface area contributed by atoms with Gasteiger partial charge in [-0.1, -0.05) is 6.92 Å². The summed E-state index contributed by atoms with van der Waals surface area (Å²) in [5.41, 5.74) is 1.72. The first-order valence-corrected chi connectivity index (χ1v) is 12.1. The molecule has 4 aromatic rings. The maximum Gasteiger partial charge on any atom is 0.404 e. The van der Waals surface area contributed by atoms with Gasteiger partial charge in [0.2, 0.25) is 10.0 Å². The molecule has 0 bridgehead atoms. The molecular weight excluding hydrogens is 500 g/mol. The summed E-state index contributed by atoms with van der Waals surface area (Å²) in [4.78, 5) is 12.2. The second-order valence-electron chi connectivity index (χ2n) is 7.84. The van der Waals surface area contributed by atoms with Gasteiger partial charge in [-0.15, -0.1) is 0 Å². The quantitative estimate of drug-likeness (QED) is 0.381. The third-order valence-electron chi connectivity index (χ3n) is 5.44. The number of rotatable bonds is 6. The van der Waals surface area contributed by atoms with Crippen LogP contribution in [0.15, 0.2) is 53.8 Å². The van der Waals surface area contributed by atoms with Crippen LogP contribution in [0.25, 0.3) is 28.2 Å². The van der Waals surface area contributed by atoms with E-state index in [1.54, 1.807) is 17.0 Å². The average molecular weight is 518 g/mol. The highest BCUT2D eigenvalue weighted by Crippen LogP contribution is 2.34. The Morgan fingerprint density at radius 3 is 2.42 bits per heavy atom. The molecule has 8 nitrogen and oxygen atoms in total. The zero-order chi connectivity index (χ0) is 26.3. The van der Waals surface area contributed by atoms with E-state index >= 15 is 0 Å². The van der Waals surface area contributed by atoms with Crippen molar-refractivity contribution in [1.29, 1.82) is 5.26 Å². The van der Waals surface area contributed by atoms with Crippen LogP contribution >= 0.6 is 0 Å². The van der Waals surface area contributed by atoms with Crippen LogP contribution in [0.5, 0.6) is 0 Å². The standard InChI is InChI=1S/C23H18F4N6O2S/c1-3-14-8-17-18(9-28)21(33(22(17)31-10-14)20-7-4-15(24)11-30-20)19-6-5-16(12-29-19)36(34,35)32-13(2)23(25,26)27/h4-8,10-13,32H,3H2,1-2H3/t13-/m0/s1. The summed E-state index contributed by atoms with van der Waals surface area (Å²) in [6.45, 7) is 2.60. The largest absolute Gasteiger partial charge is 0.404 e. The fourth-order valence-electron chi connectivity index (χ4n) is 3.53. The Morgan fingerprint density at radius 2 is 1.86 bits per heavy atom. The van der Waals surface area contributed by atoms with E-state index in [9.17, 15) is 31.2 Å². The molecular formula is C23H18F4N6O2S. The summed E-state index contributed by atoms with van der Waals surface area (Å²) < 4.78 is 80.0. The molecule has 0 aromatic carbocycles. The highest BCUT2D eigenvalue weighted by atomic mass is 32.2. The van der Waals surface area contributed by atoms with Gasteiger partial charge >= 0.3 is 6.18 Å². The van der Waals surface area contributed by atoms with Crippen molar-refractivity contribution in [2.45, 2.75) is 37.4 Å². The number of nitrogens with zero attached hydrogens (tertiary/aromatic N) is 5. The van der Waals surface area contributed by atoms with Crippen LogP contribution in [0, 0.1) is 17.1 Å². The number of aryl methyl sites for hydroxylation is 1. The number of fused-ring (bicyclic) bond motifs is 1. The van der Waals surface area contributed by atoms with Crippen molar-refractivity contribution in [2.24, 2.45) is 0 Å². The lowest BCUT2D eigenvalue weighted by Gasteiger charge is -2.17. The van der Waals surface area contributed by atoms with Gasteiger partial charge in [-0.2, -0.15) is 23.2 Å². The maximum atomic E-state index is 13.5. The summed E-state index contributed by atoms with van der Waals surface area (Å²) >= 11 is 0. The Labute approximate surface area is 203 Å². The molecule has 0 radical (unpaired) electrons. The smallest absolute Gasteiger partial charge is 0.275 e. The number of aromatic nitrogens is 4. The van der Waals surface area contributed by atoms with Crippen LogP contribution in [0.4, 0.5) is 17.6 Å². The molecule has 4 aromatic heterocycles. The fourth-order valence-corrected chi connectivity index (χ4v) is 4.70. The number of sulfonamides is 1. The average Bonchev–Trinajstić information content (AvgIpc) is 3.17. The predicted molar refractivity (Wildman–Crippen MR) is 122 cm³/mol. The minimum Gasteiger partial charge on any atom is -0.275 e. The summed E-state index contributed by atoms with van der Waals surface area (Å²) in [6, 6.07) is 6.51. The Balaban J connectivity index is 1.89. The summed E-state index contributed by atoms with van der Waals surface area (Å²) in [5, 5.41) is 10.5. The van der Waals surface area contributed by atoms with Crippen molar-refractivity contribution in [3.05, 3.63) is 65.9 Å². The molecule has 0 spiro atoms. The van der Waals surface area contributed by atoms with Gasteiger partial charge in [-0.05, 0) is 49.2 Å². The molecule has 0 unspecified atom stereocenters. The van der Waals surface area contributed by atoms with E-state index < -0.39 is 33.0 Å². The first kappa shape index (κ1) is 25.2. The van der Waals surface area contributed by atoms with Crippen molar-refractivity contribution in [1.82, 2.24) is 24.2 Å². The molecule has 0 saturated heterocycles. The van der Waals surface area contributed by atoms with E-state index in [2.05, 4.69) is 21.0 Å². The van der Waals surface area contributed by atoms with Crippen LogP contribution in [0.1, 0.15) is 25.0 Å². The Morgan fingerprint density at radius 1 is 1.11 bits per heavy atom. The van der Waals surface area contributed by atoms with Crippen LogP contribution in [0.2, 0.25) is 0 Å². The molecule has 4 rings (SSSR count). The Bertz CT molecular complexity index is 1570. The first-order valence-electron chi connectivity index (χ1n) is 10.6. The minimum absolute atomic E-state index is 0.136. The third-order valence-corrected chi connectivity index (χ3v) is 6.96. The van der Waals surface area contributed by atoms with Crippen molar-refractivity contribution in [2.75, 3.05) is 0 Å². The van der Waals surface area contributed by atoms with E-state index in [4.69, 9.17) is 0 Å². The van der Waals surface area contributed by atoms with E-state index in [0.717, 1.165) is 24.0 Å². The summed E-state index contributed by atoms with van der Waals surface area (Å²) in [5.74, 6) is -0.347. The van der Waals surface area contributed by atoms with Crippen molar-refractivity contribution < 1.29 is 26.0 Å². The molecule has 1 N–H and O–H groups in total. The zero-order valence-electron chi connectivity index (χ0n) is 18.9. The van der Waals surface area contributed by atoms with Crippen molar-refractivity contribution >= 4 is 21.1 Å². The van der Waals surface area contributed by atoms with Crippen LogP contribution in [0.3, 0.4) is 0 Å². The predicted octanol–water partition coefficient (Wildman–Crippen LogP) is 4.28. The lowest BCUT2D eigenvalue weighted by molar-refractivity contribution is -0.147. The van der Waals surface area contributed by atoms with Crippen LogP contribution < -0.4 is 4.72 Å². The minimum atomic E-state index is -4.77. The zero-order valence-corrected chi connectivity index (χ0v) is 19.7. The first-order chi connectivity index (χ1) is 17.0. The fraction of sp³-hybridized carbons (Fsp3) is 0.217. The summed E-state index contributed by atoms with van der Waals surface area (Å²) in [7, 11) is -4.53. The highest BCUT2D eigenvalue weighted by molar-refractivity contribution is 7.89. The molecule has 186 valence electrons. The van der Waals surface area contributed by atoms with Gasteiger partial charge in [0, 0.05) is 17.8 Å². The number of halogens is 4. The number of pyridine rings is 3. The number of nitrogens with one attached hydrogen (secondary N) is 1. The van der Waals surface area contributed by atoms with E-state index in [-0.39, 0.29) is 22.8 Å². The number of hydrogen-bond donors (Lipinski definition) is 1. The lowest BCUT2D eigenvalue weighted by Crippen LogP contribution is -2.42. The number of nitriles is 1. The number of alkyl halides is 3. The Hall–Kier alpha value is -3.89. The molecule has 4 heterocycles. The van der Waals surface area contributed by atoms with Gasteiger partial charge in [0.05, 0.1) is 23.1 Å². The molecule has 0 fully saturated rings. The normalized spacial score (nSPS) is 13.0. The summed E-state index contributed by atoms with van der Waals surface area (Å²) in [6.07, 6.45) is -0.600. The second kappa shape index (κ2) is 9.29. The van der Waals surface area contributed by atoms with E-state index in [0.29, 0.717) is 24.4 Å². The highest BCUT2D eigenvalue weighted by Gasteiger charge is 2.39. The topological polar surface area (TPSA) is 114 Å². The Kier molecular flexibility index (Phi) is 6.50. The van der Waals surface area contributed by atoms with Gasteiger partial charge in [0.25, 0.3) is 0 Å². The lowest BCUT2D eigenvalue weighted by atomic mass is 10.1. The maximum absolute atomic E-state index is 13.5. The molecule has 36 heavy (non-hydrogen) atoms.